The molecular weight excluding hydrogens is 174 g/mol. The molecule has 1 saturated heterocycles. The fraction of sp³-hybridized carbons (Fsp3) is 1.00. The summed E-state index contributed by atoms with van der Waals surface area (Å²) in [6.45, 7) is 13.4. The topological polar surface area (TPSA) is 12.5 Å². The van der Waals surface area contributed by atoms with Crippen LogP contribution in [0.15, 0.2) is 0 Å². The second-order valence-electron chi connectivity index (χ2n) is 5.51. The lowest BCUT2D eigenvalue weighted by Gasteiger charge is -2.21. The van der Waals surface area contributed by atoms with E-state index in [1.165, 1.54) is 32.5 Å². The summed E-state index contributed by atoms with van der Waals surface area (Å²) in [7, 11) is 0. The van der Waals surface area contributed by atoms with Gasteiger partial charge in [0.25, 0.3) is 0 Å². The average Bonchev–Trinajstić information content (AvgIpc) is 2.44. The fourth-order valence-electron chi connectivity index (χ4n) is 1.90. The van der Waals surface area contributed by atoms with Crippen LogP contribution >= 0.6 is 0 Å². The predicted octanol–water partition coefficient (Wildman–Crippen LogP) is 2.53. The smallest absolute Gasteiger partial charge is 0.0598 e. The van der Waals surface area contributed by atoms with Crippen molar-refractivity contribution < 1.29 is 4.74 Å². The molecule has 1 atom stereocenters. The summed E-state index contributed by atoms with van der Waals surface area (Å²) in [5.41, 5.74) is 0.0261. The van der Waals surface area contributed by atoms with E-state index in [0.29, 0.717) is 0 Å². The number of rotatable bonds is 4. The van der Waals surface area contributed by atoms with Gasteiger partial charge in [0.2, 0.25) is 0 Å². The van der Waals surface area contributed by atoms with Gasteiger partial charge in [-0.3, -0.25) is 0 Å². The third-order valence-electron chi connectivity index (χ3n) is 2.66. The van der Waals surface area contributed by atoms with Crippen molar-refractivity contribution in [1.29, 1.82) is 0 Å². The molecule has 0 saturated carbocycles. The van der Waals surface area contributed by atoms with Gasteiger partial charge in [-0.05, 0) is 46.1 Å². The van der Waals surface area contributed by atoms with Crippen molar-refractivity contribution in [3.8, 4) is 0 Å². The molecule has 14 heavy (non-hydrogen) atoms. The normalized spacial score (nSPS) is 24.4. The van der Waals surface area contributed by atoms with E-state index in [1.807, 2.05) is 0 Å². The Labute approximate surface area is 88.6 Å². The van der Waals surface area contributed by atoms with Gasteiger partial charge >= 0.3 is 0 Å². The van der Waals surface area contributed by atoms with Crippen molar-refractivity contribution in [1.82, 2.24) is 4.90 Å². The summed E-state index contributed by atoms with van der Waals surface area (Å²) in [5, 5.41) is 0. The number of hydrogen-bond acceptors (Lipinski definition) is 2. The molecule has 84 valence electrons. The van der Waals surface area contributed by atoms with Crippen LogP contribution in [0.25, 0.3) is 0 Å². The fourth-order valence-corrected chi connectivity index (χ4v) is 1.90. The maximum Gasteiger partial charge on any atom is 0.0598 e. The second-order valence-corrected chi connectivity index (χ2v) is 5.51. The zero-order valence-corrected chi connectivity index (χ0v) is 10.2. The molecule has 0 spiro atoms. The van der Waals surface area contributed by atoms with Crippen LogP contribution in [0.1, 0.15) is 40.5 Å². The van der Waals surface area contributed by atoms with E-state index in [-0.39, 0.29) is 5.60 Å². The Morgan fingerprint density at radius 3 is 2.57 bits per heavy atom. The molecule has 0 amide bonds. The molecule has 1 aliphatic heterocycles. The third kappa shape index (κ3) is 4.97. The average molecular weight is 199 g/mol. The molecule has 0 bridgehead atoms. The SMILES string of the molecule is C[C@@H]1CCN(CCCOC(C)(C)C)C1. The molecule has 1 aliphatic rings. The molecular formula is C12H25NO. The van der Waals surface area contributed by atoms with Crippen LogP contribution in [0.5, 0.6) is 0 Å². The van der Waals surface area contributed by atoms with Crippen LogP contribution in [-0.2, 0) is 4.74 Å². The summed E-state index contributed by atoms with van der Waals surface area (Å²) in [4.78, 5) is 2.55. The molecule has 0 aliphatic carbocycles. The van der Waals surface area contributed by atoms with Gasteiger partial charge in [-0.1, -0.05) is 6.92 Å². The minimum Gasteiger partial charge on any atom is -0.376 e. The third-order valence-corrected chi connectivity index (χ3v) is 2.66. The van der Waals surface area contributed by atoms with E-state index in [9.17, 15) is 0 Å². The van der Waals surface area contributed by atoms with Crippen LogP contribution in [0.3, 0.4) is 0 Å². The minimum absolute atomic E-state index is 0.0261. The van der Waals surface area contributed by atoms with Gasteiger partial charge in [0.05, 0.1) is 5.60 Å². The summed E-state index contributed by atoms with van der Waals surface area (Å²) in [6, 6.07) is 0. The Morgan fingerprint density at radius 1 is 1.36 bits per heavy atom. The van der Waals surface area contributed by atoms with Gasteiger partial charge in [0.1, 0.15) is 0 Å². The summed E-state index contributed by atoms with van der Waals surface area (Å²) >= 11 is 0. The second kappa shape index (κ2) is 5.13. The van der Waals surface area contributed by atoms with Crippen molar-refractivity contribution >= 4 is 0 Å². The highest BCUT2D eigenvalue weighted by Crippen LogP contribution is 2.15. The van der Waals surface area contributed by atoms with Gasteiger partial charge in [-0.15, -0.1) is 0 Å². The lowest BCUT2D eigenvalue weighted by Crippen LogP contribution is -2.25. The lowest BCUT2D eigenvalue weighted by atomic mass is 10.2. The number of ether oxygens (including phenoxy) is 1. The maximum atomic E-state index is 5.69. The monoisotopic (exact) mass is 199 g/mol. The number of hydrogen-bond donors (Lipinski definition) is 0. The predicted molar refractivity (Wildman–Crippen MR) is 60.5 cm³/mol. The first kappa shape index (κ1) is 12.0. The van der Waals surface area contributed by atoms with E-state index in [2.05, 4.69) is 32.6 Å². The molecule has 0 N–H and O–H groups in total. The Morgan fingerprint density at radius 2 is 2.07 bits per heavy atom. The molecule has 0 aromatic rings. The van der Waals surface area contributed by atoms with E-state index >= 15 is 0 Å². The van der Waals surface area contributed by atoms with Gasteiger partial charge in [0.15, 0.2) is 0 Å². The van der Waals surface area contributed by atoms with Gasteiger partial charge in [0, 0.05) is 19.7 Å². The molecule has 0 radical (unpaired) electrons. The maximum absolute atomic E-state index is 5.69. The van der Waals surface area contributed by atoms with Crippen LogP contribution in [0.4, 0.5) is 0 Å². The van der Waals surface area contributed by atoms with Crippen molar-refractivity contribution in [2.75, 3.05) is 26.2 Å². The minimum atomic E-state index is 0.0261. The summed E-state index contributed by atoms with van der Waals surface area (Å²) in [5.74, 6) is 0.901. The molecule has 1 heterocycles. The van der Waals surface area contributed by atoms with Crippen molar-refractivity contribution in [2.45, 2.75) is 46.1 Å². The van der Waals surface area contributed by atoms with Crippen LogP contribution in [0.2, 0.25) is 0 Å². The molecule has 2 heteroatoms. The van der Waals surface area contributed by atoms with E-state index < -0.39 is 0 Å². The highest BCUT2D eigenvalue weighted by atomic mass is 16.5. The van der Waals surface area contributed by atoms with Gasteiger partial charge in [-0.25, -0.2) is 0 Å². The lowest BCUT2D eigenvalue weighted by molar-refractivity contribution is -0.00640. The molecule has 1 fully saturated rings. The van der Waals surface area contributed by atoms with Gasteiger partial charge < -0.3 is 9.64 Å². The molecule has 0 unspecified atom stereocenters. The first-order valence-electron chi connectivity index (χ1n) is 5.84. The molecule has 1 rings (SSSR count). The molecule has 0 aromatic carbocycles. The number of nitrogens with zero attached hydrogens (tertiary/aromatic N) is 1. The Hall–Kier alpha value is -0.0800. The van der Waals surface area contributed by atoms with Gasteiger partial charge in [-0.2, -0.15) is 0 Å². The Kier molecular flexibility index (Phi) is 4.39. The van der Waals surface area contributed by atoms with Crippen molar-refractivity contribution in [3.63, 3.8) is 0 Å². The Balaban J connectivity index is 1.99. The zero-order valence-electron chi connectivity index (χ0n) is 10.2. The van der Waals surface area contributed by atoms with E-state index in [4.69, 9.17) is 4.74 Å². The highest BCUT2D eigenvalue weighted by Gasteiger charge is 2.18. The zero-order chi connectivity index (χ0) is 10.6. The van der Waals surface area contributed by atoms with Crippen LogP contribution < -0.4 is 0 Å². The summed E-state index contributed by atoms with van der Waals surface area (Å²) in [6.07, 6.45) is 2.55. The van der Waals surface area contributed by atoms with E-state index in [0.717, 1.165) is 12.5 Å². The van der Waals surface area contributed by atoms with E-state index in [1.54, 1.807) is 0 Å². The molecule has 2 nitrogen and oxygen atoms in total. The van der Waals surface area contributed by atoms with Crippen LogP contribution in [-0.4, -0.2) is 36.7 Å². The van der Waals surface area contributed by atoms with Crippen molar-refractivity contribution in [2.24, 2.45) is 5.92 Å². The first-order chi connectivity index (χ1) is 6.47. The number of likely N-dealkylation sites (tertiary alicyclic amines) is 1. The van der Waals surface area contributed by atoms with Crippen molar-refractivity contribution in [3.05, 3.63) is 0 Å². The Bertz CT molecular complexity index is 162. The van der Waals surface area contributed by atoms with Crippen LogP contribution in [0, 0.1) is 5.92 Å². The largest absolute Gasteiger partial charge is 0.376 e. The standard InChI is InChI=1S/C12H25NO/c1-11-6-8-13(10-11)7-5-9-14-12(2,3)4/h11H,5-10H2,1-4H3/t11-/m1/s1. The molecule has 0 aromatic heterocycles. The quantitative estimate of drug-likeness (QED) is 0.645. The first-order valence-corrected chi connectivity index (χ1v) is 5.84. The summed E-state index contributed by atoms with van der Waals surface area (Å²) < 4.78 is 5.69. The highest BCUT2D eigenvalue weighted by molar-refractivity contribution is 4.71.